The minimum atomic E-state index is -0.146. The second-order valence-corrected chi connectivity index (χ2v) is 15.1. The van der Waals surface area contributed by atoms with Crippen molar-refractivity contribution in [1.82, 2.24) is 0 Å². The first-order valence-corrected chi connectivity index (χ1v) is 13.8. The van der Waals surface area contributed by atoms with E-state index < -0.39 is 0 Å². The molecule has 2 N–H and O–H groups in total. The van der Waals surface area contributed by atoms with Crippen LogP contribution in [0.5, 0.6) is 0 Å². The van der Waals surface area contributed by atoms with Gasteiger partial charge in [-0.15, -0.1) is 0 Å². The average Bonchev–Trinajstić information content (AvgIpc) is 2.72. The van der Waals surface area contributed by atoms with E-state index in [4.69, 9.17) is 0 Å². The third-order valence-corrected chi connectivity index (χ3v) is 13.0. The molecule has 2 heteroatoms. The van der Waals surface area contributed by atoms with Crippen LogP contribution in [-0.2, 0) is 0 Å². The van der Waals surface area contributed by atoms with Gasteiger partial charge in [-0.3, -0.25) is 0 Å². The molecule has 0 heterocycles. The van der Waals surface area contributed by atoms with Crippen molar-refractivity contribution in [2.24, 2.45) is 50.2 Å². The van der Waals surface area contributed by atoms with Crippen molar-refractivity contribution in [3.05, 3.63) is 11.6 Å². The molecule has 5 rings (SSSR count). The minimum absolute atomic E-state index is 0.0287. The van der Waals surface area contributed by atoms with Gasteiger partial charge in [0.25, 0.3) is 0 Å². The highest BCUT2D eigenvalue weighted by Gasteiger charge is 2.66. The van der Waals surface area contributed by atoms with Gasteiger partial charge in [0.2, 0.25) is 0 Å². The summed E-state index contributed by atoms with van der Waals surface area (Å²) in [5.41, 5.74) is 3.24. The highest BCUT2D eigenvalue weighted by atomic mass is 16.3. The van der Waals surface area contributed by atoms with Gasteiger partial charge in [0.05, 0.1) is 6.10 Å². The molecule has 5 aliphatic carbocycles. The molecule has 0 bridgehead atoms. The van der Waals surface area contributed by atoms with Gasteiger partial charge in [0.1, 0.15) is 0 Å². The zero-order valence-corrected chi connectivity index (χ0v) is 22.1. The quantitative estimate of drug-likeness (QED) is 0.424. The van der Waals surface area contributed by atoms with Crippen LogP contribution in [0.15, 0.2) is 11.6 Å². The Bertz CT molecular complexity index is 814. The van der Waals surface area contributed by atoms with Crippen LogP contribution in [0.1, 0.15) is 113 Å². The Hall–Kier alpha value is -0.340. The molecule has 182 valence electrons. The lowest BCUT2D eigenvalue weighted by Crippen LogP contribution is -2.63. The van der Waals surface area contributed by atoms with Gasteiger partial charge in [0, 0.05) is 6.61 Å². The topological polar surface area (TPSA) is 40.5 Å². The van der Waals surface area contributed by atoms with E-state index in [1.165, 1.54) is 57.8 Å². The Labute approximate surface area is 197 Å². The molecule has 2 nitrogen and oxygen atoms in total. The molecule has 9 atom stereocenters. The molecule has 0 spiro atoms. The van der Waals surface area contributed by atoms with Gasteiger partial charge < -0.3 is 10.2 Å². The lowest BCUT2D eigenvalue weighted by atomic mass is 9.34. The predicted molar refractivity (Wildman–Crippen MR) is 132 cm³/mol. The van der Waals surface area contributed by atoms with Crippen molar-refractivity contribution in [2.45, 2.75) is 119 Å². The molecule has 5 aliphatic rings. The fourth-order valence-corrected chi connectivity index (χ4v) is 10.9. The van der Waals surface area contributed by atoms with E-state index in [1.807, 2.05) is 0 Å². The normalized spacial score (nSPS) is 56.8. The van der Waals surface area contributed by atoms with Crippen LogP contribution in [0, 0.1) is 50.2 Å². The van der Waals surface area contributed by atoms with Gasteiger partial charge >= 0.3 is 0 Å². The zero-order chi connectivity index (χ0) is 23.4. The Balaban J connectivity index is 1.55. The van der Waals surface area contributed by atoms with E-state index in [9.17, 15) is 10.2 Å². The van der Waals surface area contributed by atoms with E-state index in [-0.39, 0.29) is 22.3 Å². The molecule has 0 aromatic rings. The van der Waals surface area contributed by atoms with Crippen LogP contribution in [0.25, 0.3) is 0 Å². The maximum absolute atomic E-state index is 10.9. The number of hydrogen-bond donors (Lipinski definition) is 2. The Morgan fingerprint density at radius 3 is 2.06 bits per heavy atom. The van der Waals surface area contributed by atoms with E-state index in [0.29, 0.717) is 34.7 Å². The second-order valence-electron chi connectivity index (χ2n) is 15.1. The number of allylic oxidation sites excluding steroid dienone is 2. The summed E-state index contributed by atoms with van der Waals surface area (Å²) in [5, 5.41) is 21.1. The van der Waals surface area contributed by atoms with Crippen molar-refractivity contribution in [3.63, 3.8) is 0 Å². The zero-order valence-electron chi connectivity index (χ0n) is 22.1. The average molecular weight is 443 g/mol. The summed E-state index contributed by atoms with van der Waals surface area (Å²) in [7, 11) is 0. The number of rotatable bonds is 1. The van der Waals surface area contributed by atoms with Gasteiger partial charge in [0.15, 0.2) is 0 Å². The molecule has 4 fully saturated rings. The Morgan fingerprint density at radius 2 is 1.41 bits per heavy atom. The van der Waals surface area contributed by atoms with Crippen LogP contribution >= 0.6 is 0 Å². The lowest BCUT2D eigenvalue weighted by Gasteiger charge is -2.70. The predicted octanol–water partition coefficient (Wildman–Crippen LogP) is 7.14. The fraction of sp³-hybridized carbons (Fsp3) is 0.933. The standard InChI is InChI=1S/C30H50O2/c1-25(2)20-9-13-29(6)21-8-12-27(4)17-16-26(3,19-31)18-23(27)30(21,7)14-10-22(29)28(20,5)15-11-24(25)32/h8,20,22-24,31-32H,9-19H2,1-7H3/t20-,22-,23-,24+,26-,27+,28+,29+,30-/m1/s1. The summed E-state index contributed by atoms with van der Waals surface area (Å²) in [6.07, 6.45) is 14.8. The van der Waals surface area contributed by atoms with Gasteiger partial charge in [-0.2, -0.15) is 0 Å². The summed E-state index contributed by atoms with van der Waals surface area (Å²) >= 11 is 0. The molecule has 0 aliphatic heterocycles. The van der Waals surface area contributed by atoms with Gasteiger partial charge in [-0.05, 0) is 114 Å². The van der Waals surface area contributed by atoms with E-state index >= 15 is 0 Å². The van der Waals surface area contributed by atoms with Crippen LogP contribution < -0.4 is 0 Å². The summed E-state index contributed by atoms with van der Waals surface area (Å²) in [6.45, 7) is 17.8. The van der Waals surface area contributed by atoms with Crippen molar-refractivity contribution in [1.29, 1.82) is 0 Å². The maximum atomic E-state index is 10.9. The molecule has 0 amide bonds. The highest BCUT2D eigenvalue weighted by Crippen LogP contribution is 2.74. The lowest BCUT2D eigenvalue weighted by molar-refractivity contribution is -0.184. The van der Waals surface area contributed by atoms with Crippen molar-refractivity contribution >= 4 is 0 Å². The van der Waals surface area contributed by atoms with Gasteiger partial charge in [-0.25, -0.2) is 0 Å². The largest absolute Gasteiger partial charge is 0.396 e. The number of aliphatic hydroxyl groups is 2. The molecule has 4 saturated carbocycles. The van der Waals surface area contributed by atoms with Crippen LogP contribution in [0.2, 0.25) is 0 Å². The smallest absolute Gasteiger partial charge is 0.0594 e. The molecule has 0 saturated heterocycles. The molecular weight excluding hydrogens is 392 g/mol. The van der Waals surface area contributed by atoms with Crippen LogP contribution in [0.3, 0.4) is 0 Å². The van der Waals surface area contributed by atoms with Gasteiger partial charge in [-0.1, -0.05) is 60.1 Å². The summed E-state index contributed by atoms with van der Waals surface area (Å²) < 4.78 is 0. The third kappa shape index (κ3) is 2.84. The Kier molecular flexibility index (Phi) is 5.02. The number of hydrogen-bond acceptors (Lipinski definition) is 2. The molecular formula is C30H50O2. The molecule has 0 aromatic heterocycles. The van der Waals surface area contributed by atoms with Crippen LogP contribution in [0.4, 0.5) is 0 Å². The molecule has 0 unspecified atom stereocenters. The fourth-order valence-electron chi connectivity index (χ4n) is 10.9. The van der Waals surface area contributed by atoms with Crippen molar-refractivity contribution in [2.75, 3.05) is 6.61 Å². The first-order valence-electron chi connectivity index (χ1n) is 13.8. The third-order valence-electron chi connectivity index (χ3n) is 13.0. The highest BCUT2D eigenvalue weighted by molar-refractivity contribution is 5.34. The first-order chi connectivity index (χ1) is 14.8. The summed E-state index contributed by atoms with van der Waals surface area (Å²) in [5.74, 6) is 2.05. The number of fused-ring (bicyclic) bond motifs is 7. The van der Waals surface area contributed by atoms with Crippen molar-refractivity contribution in [3.8, 4) is 0 Å². The van der Waals surface area contributed by atoms with Crippen molar-refractivity contribution < 1.29 is 10.2 Å². The van der Waals surface area contributed by atoms with E-state index in [1.54, 1.807) is 5.57 Å². The molecule has 0 radical (unpaired) electrons. The van der Waals surface area contributed by atoms with E-state index in [0.717, 1.165) is 12.3 Å². The second kappa shape index (κ2) is 6.87. The Morgan fingerprint density at radius 1 is 0.781 bits per heavy atom. The molecule has 0 aromatic carbocycles. The SMILES string of the molecule is CC1(C)[C@H]2CC[C@@]3(C)C4=CC[C@@]5(C)CC[C@@](C)(CO)C[C@H]5[C@]4(C)CC[C@@H]3[C@@]2(C)CC[C@@H]1O. The number of aliphatic hydroxyl groups excluding tert-OH is 2. The minimum Gasteiger partial charge on any atom is -0.396 e. The summed E-state index contributed by atoms with van der Waals surface area (Å²) in [6, 6.07) is 0. The monoisotopic (exact) mass is 442 g/mol. The van der Waals surface area contributed by atoms with Crippen LogP contribution in [-0.4, -0.2) is 22.9 Å². The van der Waals surface area contributed by atoms with E-state index in [2.05, 4.69) is 54.5 Å². The first kappa shape index (κ1) is 23.4. The molecule has 32 heavy (non-hydrogen) atoms. The maximum Gasteiger partial charge on any atom is 0.0594 e. The summed E-state index contributed by atoms with van der Waals surface area (Å²) in [4.78, 5) is 0.